The van der Waals surface area contributed by atoms with Crippen LogP contribution >= 0.6 is 0 Å². The Morgan fingerprint density at radius 1 is 0.583 bits per heavy atom. The minimum atomic E-state index is -3.27. The zero-order valence-electron chi connectivity index (χ0n) is 16.9. The Morgan fingerprint density at radius 3 is 1.21 bits per heavy atom. The summed E-state index contributed by atoms with van der Waals surface area (Å²) in [6.07, 6.45) is 0. The van der Waals surface area contributed by atoms with Gasteiger partial charge in [-0.1, -0.05) is 17.7 Å². The Hall–Kier alpha value is -0.232. The molecule has 0 aliphatic carbocycles. The van der Waals surface area contributed by atoms with E-state index in [9.17, 15) is 0 Å². The smallest absolute Gasteiger partial charge is 0.482 e. The molecule has 1 aromatic carbocycles. The third-order valence-corrected chi connectivity index (χ3v) is 13.4. The van der Waals surface area contributed by atoms with E-state index in [0.29, 0.717) is 0 Å². The molecule has 1 aromatic rings. The molecule has 4 nitrogen and oxygen atoms in total. The lowest BCUT2D eigenvalue weighted by Crippen LogP contribution is -2.64. The van der Waals surface area contributed by atoms with Gasteiger partial charge >= 0.3 is 9.05 Å². The van der Waals surface area contributed by atoms with Gasteiger partial charge in [0.15, 0.2) is 25.0 Å². The molecule has 0 fully saturated rings. The van der Waals surface area contributed by atoms with Crippen molar-refractivity contribution in [1.82, 2.24) is 0 Å². The molecule has 0 atom stereocenters. The highest BCUT2D eigenvalue weighted by atomic mass is 28.5. The van der Waals surface area contributed by atoms with E-state index in [1.807, 2.05) is 24.3 Å². The van der Waals surface area contributed by atoms with Crippen LogP contribution in [0, 0.1) is 6.92 Å². The molecule has 0 heterocycles. The predicted octanol–water partition coefficient (Wildman–Crippen LogP) is 5.36. The van der Waals surface area contributed by atoms with Crippen molar-refractivity contribution in [3.05, 3.63) is 29.8 Å². The first-order valence-electron chi connectivity index (χ1n) is 8.45. The molecule has 0 aliphatic rings. The van der Waals surface area contributed by atoms with E-state index < -0.39 is 34.0 Å². The van der Waals surface area contributed by atoms with Gasteiger partial charge in [0.2, 0.25) is 0 Å². The van der Waals surface area contributed by atoms with Crippen LogP contribution in [0.1, 0.15) is 5.56 Å². The van der Waals surface area contributed by atoms with E-state index in [4.69, 9.17) is 16.8 Å². The Labute approximate surface area is 152 Å². The van der Waals surface area contributed by atoms with Gasteiger partial charge in [0.25, 0.3) is 0 Å². The first kappa shape index (κ1) is 21.8. The van der Waals surface area contributed by atoms with Crippen molar-refractivity contribution < 1.29 is 16.8 Å². The maximum absolute atomic E-state index is 6.49. The minimum absolute atomic E-state index is 0.752. The Bertz CT molecular complexity index is 486. The Kier molecular flexibility index (Phi) is 6.87. The summed E-state index contributed by atoms with van der Waals surface area (Å²) in [5.74, 6) is 0.752. The molecule has 1 rings (SSSR count). The summed E-state index contributed by atoms with van der Waals surface area (Å²) < 4.78 is 25.8. The van der Waals surface area contributed by atoms with Crippen molar-refractivity contribution in [3.63, 3.8) is 0 Å². The van der Waals surface area contributed by atoms with Gasteiger partial charge in [-0.3, -0.25) is 0 Å². The summed E-state index contributed by atoms with van der Waals surface area (Å²) in [5.41, 5.74) is 1.19. The van der Waals surface area contributed by atoms with Crippen LogP contribution < -0.4 is 4.43 Å². The summed E-state index contributed by atoms with van der Waals surface area (Å²) in [6.45, 7) is 21.4. The predicted molar refractivity (Wildman–Crippen MR) is 111 cm³/mol. The van der Waals surface area contributed by atoms with E-state index in [0.717, 1.165) is 5.75 Å². The van der Waals surface area contributed by atoms with Crippen molar-refractivity contribution in [2.75, 3.05) is 0 Å². The van der Waals surface area contributed by atoms with E-state index in [1.165, 1.54) is 5.56 Å². The number of aryl methyl sites for hydroxylation is 1. The molecule has 0 N–H and O–H groups in total. The van der Waals surface area contributed by atoms with Crippen LogP contribution in [-0.4, -0.2) is 34.0 Å². The third-order valence-electron chi connectivity index (χ3n) is 2.56. The van der Waals surface area contributed by atoms with Gasteiger partial charge in [-0.15, -0.1) is 0 Å². The Morgan fingerprint density at radius 2 is 0.917 bits per heavy atom. The van der Waals surface area contributed by atoms with Crippen molar-refractivity contribution in [2.45, 2.75) is 65.8 Å². The molecule has 0 aliphatic heterocycles. The Balaban J connectivity index is 3.28. The van der Waals surface area contributed by atoms with Crippen molar-refractivity contribution in [2.24, 2.45) is 0 Å². The molecule has 138 valence electrons. The molecule has 24 heavy (non-hydrogen) atoms. The molecule has 0 saturated carbocycles. The number of benzene rings is 1. The van der Waals surface area contributed by atoms with Gasteiger partial charge in [-0.25, -0.2) is 0 Å². The van der Waals surface area contributed by atoms with Crippen LogP contribution in [-0.2, 0) is 12.3 Å². The first-order valence-corrected chi connectivity index (χ1v) is 20.3. The quantitative estimate of drug-likeness (QED) is 0.548. The molecule has 0 unspecified atom stereocenters. The molecule has 8 heteroatoms. The van der Waals surface area contributed by atoms with Crippen LogP contribution in [0.25, 0.3) is 0 Å². The standard InChI is InChI=1S/C16H34O4Si4/c1-15-11-13-16(14-12-15)17-24(18-21(2,3)4,19-22(5,6)7)20-23(8,9)10/h11-14H,1-10H3. The van der Waals surface area contributed by atoms with E-state index in [1.54, 1.807) is 0 Å². The fourth-order valence-electron chi connectivity index (χ4n) is 2.00. The largest absolute Gasteiger partial charge is 0.717 e. The second kappa shape index (κ2) is 7.56. The molecule has 0 amide bonds. The van der Waals surface area contributed by atoms with Gasteiger partial charge in [0.1, 0.15) is 5.75 Å². The number of hydrogen-bond acceptors (Lipinski definition) is 4. The molecular weight excluding hydrogens is 369 g/mol. The SMILES string of the molecule is Cc1ccc(O[Si](O[Si](C)(C)C)(O[Si](C)(C)C)O[Si](C)(C)C)cc1. The maximum Gasteiger partial charge on any atom is 0.717 e. The summed E-state index contributed by atoms with van der Waals surface area (Å²) in [7, 11) is -9.05. The highest BCUT2D eigenvalue weighted by Gasteiger charge is 2.56. The average Bonchev–Trinajstić information content (AvgIpc) is 2.24. The van der Waals surface area contributed by atoms with Crippen LogP contribution in [0.3, 0.4) is 0 Å². The van der Waals surface area contributed by atoms with Crippen LogP contribution in [0.5, 0.6) is 5.75 Å². The van der Waals surface area contributed by atoms with E-state index in [-0.39, 0.29) is 0 Å². The van der Waals surface area contributed by atoms with Crippen LogP contribution in [0.15, 0.2) is 24.3 Å². The highest BCUT2D eigenvalue weighted by molar-refractivity contribution is 6.88. The van der Waals surface area contributed by atoms with Crippen molar-refractivity contribution in [1.29, 1.82) is 0 Å². The van der Waals surface area contributed by atoms with E-state index in [2.05, 4.69) is 65.8 Å². The van der Waals surface area contributed by atoms with Crippen molar-refractivity contribution >= 4 is 34.0 Å². The highest BCUT2D eigenvalue weighted by Crippen LogP contribution is 2.28. The average molecular weight is 403 g/mol. The monoisotopic (exact) mass is 402 g/mol. The molecule has 0 spiro atoms. The first-order chi connectivity index (χ1) is 10.6. The fraction of sp³-hybridized carbons (Fsp3) is 0.625. The third kappa shape index (κ3) is 8.74. The van der Waals surface area contributed by atoms with E-state index >= 15 is 0 Å². The minimum Gasteiger partial charge on any atom is -0.482 e. The summed E-state index contributed by atoms with van der Waals surface area (Å²) in [5, 5.41) is 0. The zero-order chi connectivity index (χ0) is 18.8. The van der Waals surface area contributed by atoms with Crippen LogP contribution in [0.4, 0.5) is 0 Å². The van der Waals surface area contributed by atoms with Gasteiger partial charge in [-0.2, -0.15) is 0 Å². The van der Waals surface area contributed by atoms with Gasteiger partial charge in [0.05, 0.1) is 0 Å². The zero-order valence-corrected chi connectivity index (χ0v) is 20.9. The molecule has 0 bridgehead atoms. The summed E-state index contributed by atoms with van der Waals surface area (Å²) in [4.78, 5) is 0. The molecular formula is C16H34O4Si4. The second-order valence-electron chi connectivity index (χ2n) is 9.06. The van der Waals surface area contributed by atoms with Gasteiger partial charge in [-0.05, 0) is 78.0 Å². The van der Waals surface area contributed by atoms with Crippen LogP contribution in [0.2, 0.25) is 58.9 Å². The normalized spacial score (nSPS) is 13.9. The fourth-order valence-corrected chi connectivity index (χ4v) is 13.6. The van der Waals surface area contributed by atoms with Gasteiger partial charge in [0, 0.05) is 0 Å². The van der Waals surface area contributed by atoms with Crippen molar-refractivity contribution in [3.8, 4) is 5.75 Å². The number of rotatable bonds is 8. The lowest BCUT2D eigenvalue weighted by Gasteiger charge is -2.40. The molecule has 0 aromatic heterocycles. The number of hydrogen-bond donors (Lipinski definition) is 0. The van der Waals surface area contributed by atoms with Gasteiger partial charge < -0.3 is 16.8 Å². The lowest BCUT2D eigenvalue weighted by molar-refractivity contribution is 0.152. The summed E-state index contributed by atoms with van der Waals surface area (Å²) >= 11 is 0. The summed E-state index contributed by atoms with van der Waals surface area (Å²) in [6, 6.07) is 8.00. The lowest BCUT2D eigenvalue weighted by atomic mass is 10.2. The molecule has 0 saturated heterocycles. The molecule has 0 radical (unpaired) electrons. The second-order valence-corrected chi connectivity index (χ2v) is 25.4. The maximum atomic E-state index is 6.49. The topological polar surface area (TPSA) is 36.9 Å².